The van der Waals surface area contributed by atoms with E-state index in [0.29, 0.717) is 5.56 Å². The molecule has 0 bridgehead atoms. The number of aromatic hydroxyl groups is 2. The number of unbranched alkanes of at least 4 members (excludes halogenated alkanes) is 1. The molecular weight excluding hydrogens is 288 g/mol. The van der Waals surface area contributed by atoms with Gasteiger partial charge in [0.2, 0.25) is 0 Å². The van der Waals surface area contributed by atoms with Crippen LogP contribution in [0.25, 0.3) is 0 Å². The van der Waals surface area contributed by atoms with Gasteiger partial charge in [0.15, 0.2) is 0 Å². The highest BCUT2D eigenvalue weighted by atomic mass is 16.3. The Morgan fingerprint density at radius 1 is 1.22 bits per heavy atom. The van der Waals surface area contributed by atoms with Crippen LogP contribution in [0.5, 0.6) is 11.5 Å². The van der Waals surface area contributed by atoms with Crippen molar-refractivity contribution in [2.45, 2.75) is 51.9 Å². The summed E-state index contributed by atoms with van der Waals surface area (Å²) in [4.78, 5) is 0. The smallest absolute Gasteiger partial charge is 0.123 e. The molecule has 2 rings (SSSR count). The predicted molar refractivity (Wildman–Crippen MR) is 93.8 cm³/mol. The number of hydrogen-bond acceptors (Lipinski definition) is 3. The highest BCUT2D eigenvalue weighted by Crippen LogP contribution is 2.46. The monoisotopic (exact) mass is 316 g/mol. The van der Waals surface area contributed by atoms with Crippen molar-refractivity contribution in [3.63, 3.8) is 0 Å². The Morgan fingerprint density at radius 2 is 1.87 bits per heavy atom. The van der Waals surface area contributed by atoms with Crippen LogP contribution in [-0.2, 0) is 6.42 Å². The van der Waals surface area contributed by atoms with E-state index >= 15 is 0 Å². The van der Waals surface area contributed by atoms with Gasteiger partial charge in [0.05, 0.1) is 0 Å². The molecule has 23 heavy (non-hydrogen) atoms. The van der Waals surface area contributed by atoms with E-state index in [1.54, 1.807) is 12.1 Å². The minimum Gasteiger partial charge on any atom is -0.507 e. The Bertz CT molecular complexity index is 578. The Balaban J connectivity index is 2.34. The van der Waals surface area contributed by atoms with Gasteiger partial charge < -0.3 is 15.3 Å². The molecule has 0 heterocycles. The number of aryl methyl sites for hydroxylation is 1. The third-order valence-corrected chi connectivity index (χ3v) is 4.78. The van der Waals surface area contributed by atoms with Crippen molar-refractivity contribution in [2.24, 2.45) is 5.92 Å². The maximum atomic E-state index is 10.5. The largest absolute Gasteiger partial charge is 0.507 e. The molecule has 0 fully saturated rings. The molecule has 2 unspecified atom stereocenters. The Kier molecular flexibility index (Phi) is 5.89. The molecule has 3 nitrogen and oxygen atoms in total. The molecule has 0 amide bonds. The van der Waals surface area contributed by atoms with Crippen molar-refractivity contribution < 1.29 is 15.3 Å². The number of phenols is 2. The zero-order valence-corrected chi connectivity index (χ0v) is 14.2. The zero-order valence-electron chi connectivity index (χ0n) is 14.2. The Morgan fingerprint density at radius 3 is 2.43 bits per heavy atom. The zero-order chi connectivity index (χ0) is 17.0. The number of allylic oxidation sites excluding steroid dienone is 3. The molecule has 1 aromatic carbocycles. The first-order chi connectivity index (χ1) is 10.9. The van der Waals surface area contributed by atoms with Gasteiger partial charge in [0.1, 0.15) is 11.5 Å². The van der Waals surface area contributed by atoms with Crippen LogP contribution >= 0.6 is 0 Å². The van der Waals surface area contributed by atoms with Gasteiger partial charge >= 0.3 is 0 Å². The summed E-state index contributed by atoms with van der Waals surface area (Å²) in [5.74, 6) is 0.542. The van der Waals surface area contributed by atoms with E-state index in [1.165, 1.54) is 5.57 Å². The number of rotatable bonds is 6. The normalized spacial score (nSPS) is 21.1. The standard InChI is InChI=1S/C20H28O3/c1-13(2)16-8-7-14(3)10-17(16)20-18(22)11-15(12-19(20)23)6-4-5-9-21/h10-12,16-17,21-23H,1,4-9H2,2-3H3. The van der Waals surface area contributed by atoms with E-state index in [4.69, 9.17) is 5.11 Å². The fourth-order valence-corrected chi connectivity index (χ4v) is 3.51. The topological polar surface area (TPSA) is 60.7 Å². The van der Waals surface area contributed by atoms with Gasteiger partial charge in [-0.25, -0.2) is 0 Å². The van der Waals surface area contributed by atoms with E-state index in [9.17, 15) is 10.2 Å². The highest BCUT2D eigenvalue weighted by Gasteiger charge is 2.29. The summed E-state index contributed by atoms with van der Waals surface area (Å²) in [5.41, 5.74) is 3.89. The van der Waals surface area contributed by atoms with Crippen molar-refractivity contribution in [3.05, 3.63) is 47.1 Å². The molecule has 0 spiro atoms. The summed E-state index contributed by atoms with van der Waals surface area (Å²) in [6.07, 6.45) is 6.50. The quantitative estimate of drug-likeness (QED) is 0.537. The summed E-state index contributed by atoms with van der Waals surface area (Å²) in [7, 11) is 0. The van der Waals surface area contributed by atoms with Gasteiger partial charge in [-0.3, -0.25) is 0 Å². The first-order valence-corrected chi connectivity index (χ1v) is 8.42. The molecule has 3 heteroatoms. The first-order valence-electron chi connectivity index (χ1n) is 8.42. The minimum absolute atomic E-state index is 0.0206. The molecule has 0 aliphatic heterocycles. The Hall–Kier alpha value is -1.74. The van der Waals surface area contributed by atoms with E-state index in [-0.39, 0.29) is 29.9 Å². The number of benzene rings is 1. The second-order valence-electron chi connectivity index (χ2n) is 6.76. The van der Waals surface area contributed by atoms with Crippen LogP contribution < -0.4 is 0 Å². The van der Waals surface area contributed by atoms with Crippen molar-refractivity contribution in [2.75, 3.05) is 6.61 Å². The van der Waals surface area contributed by atoms with Gasteiger partial charge in [0.25, 0.3) is 0 Å². The van der Waals surface area contributed by atoms with Gasteiger partial charge in [-0.15, -0.1) is 0 Å². The van der Waals surface area contributed by atoms with Gasteiger partial charge in [-0.2, -0.15) is 0 Å². The lowest BCUT2D eigenvalue weighted by Gasteiger charge is -2.31. The first kappa shape index (κ1) is 17.6. The molecule has 2 atom stereocenters. The van der Waals surface area contributed by atoms with Crippen LogP contribution in [0, 0.1) is 5.92 Å². The van der Waals surface area contributed by atoms with Crippen LogP contribution in [0.1, 0.15) is 56.6 Å². The minimum atomic E-state index is -0.0206. The molecule has 0 saturated carbocycles. The van der Waals surface area contributed by atoms with Crippen molar-refractivity contribution in [1.29, 1.82) is 0 Å². The van der Waals surface area contributed by atoms with Crippen LogP contribution in [0.15, 0.2) is 35.9 Å². The summed E-state index contributed by atoms with van der Waals surface area (Å²) < 4.78 is 0. The van der Waals surface area contributed by atoms with E-state index in [1.807, 2.05) is 6.92 Å². The summed E-state index contributed by atoms with van der Waals surface area (Å²) >= 11 is 0. The predicted octanol–water partition coefficient (Wildman–Crippen LogP) is 4.43. The van der Waals surface area contributed by atoms with E-state index in [0.717, 1.165) is 43.2 Å². The molecule has 1 aromatic rings. The molecule has 0 radical (unpaired) electrons. The number of hydrogen-bond donors (Lipinski definition) is 3. The lowest BCUT2D eigenvalue weighted by atomic mass is 9.73. The average Bonchev–Trinajstić information content (AvgIpc) is 2.46. The Labute approximate surface area is 139 Å². The number of aliphatic hydroxyl groups is 1. The molecule has 1 aliphatic rings. The fourth-order valence-electron chi connectivity index (χ4n) is 3.51. The van der Waals surface area contributed by atoms with Crippen LogP contribution in [-0.4, -0.2) is 21.9 Å². The van der Waals surface area contributed by atoms with Crippen LogP contribution in [0.2, 0.25) is 0 Å². The third-order valence-electron chi connectivity index (χ3n) is 4.78. The van der Waals surface area contributed by atoms with Crippen LogP contribution in [0.4, 0.5) is 0 Å². The third kappa shape index (κ3) is 4.17. The van der Waals surface area contributed by atoms with Crippen molar-refractivity contribution in [3.8, 4) is 11.5 Å². The number of phenolic OH excluding ortho intramolecular Hbond substituents is 2. The van der Waals surface area contributed by atoms with Crippen LogP contribution in [0.3, 0.4) is 0 Å². The maximum absolute atomic E-state index is 10.5. The lowest BCUT2D eigenvalue weighted by Crippen LogP contribution is -2.17. The summed E-state index contributed by atoms with van der Waals surface area (Å²) in [6.45, 7) is 8.37. The highest BCUT2D eigenvalue weighted by molar-refractivity contribution is 5.51. The molecule has 0 saturated heterocycles. The molecule has 1 aliphatic carbocycles. The summed E-state index contributed by atoms with van der Waals surface area (Å²) in [5, 5.41) is 29.9. The number of aliphatic hydroxyl groups excluding tert-OH is 1. The molecule has 126 valence electrons. The van der Waals surface area contributed by atoms with Crippen molar-refractivity contribution >= 4 is 0 Å². The maximum Gasteiger partial charge on any atom is 0.123 e. The van der Waals surface area contributed by atoms with Crippen molar-refractivity contribution in [1.82, 2.24) is 0 Å². The lowest BCUT2D eigenvalue weighted by molar-refractivity contribution is 0.284. The van der Waals surface area contributed by atoms with Gasteiger partial charge in [-0.1, -0.05) is 23.8 Å². The summed E-state index contributed by atoms with van der Waals surface area (Å²) in [6, 6.07) is 3.50. The fraction of sp³-hybridized carbons (Fsp3) is 0.500. The molecular formula is C20H28O3. The van der Waals surface area contributed by atoms with E-state index < -0.39 is 0 Å². The second kappa shape index (κ2) is 7.69. The van der Waals surface area contributed by atoms with Gasteiger partial charge in [0, 0.05) is 18.1 Å². The van der Waals surface area contributed by atoms with Gasteiger partial charge in [-0.05, 0) is 69.6 Å². The average molecular weight is 316 g/mol. The molecule has 0 aromatic heterocycles. The molecule has 3 N–H and O–H groups in total. The SMILES string of the molecule is C=C(C)C1CCC(C)=CC1c1c(O)cc(CCCCO)cc1O. The van der Waals surface area contributed by atoms with E-state index in [2.05, 4.69) is 19.6 Å². The second-order valence-corrected chi connectivity index (χ2v) is 6.76.